The normalized spacial score (nSPS) is 11.9. The Morgan fingerprint density at radius 2 is 1.61 bits per heavy atom. The topological polar surface area (TPSA) is 148 Å². The molecule has 0 aliphatic rings. The molecule has 1 heterocycles. The molecule has 0 radical (unpaired) electrons. The van der Waals surface area contributed by atoms with Gasteiger partial charge in [0.25, 0.3) is 6.10 Å². The van der Waals surface area contributed by atoms with Crippen LogP contribution in [-0.2, 0) is 0 Å². The molecule has 0 aliphatic heterocycles. The second kappa shape index (κ2) is 8.52. The molecule has 0 atom stereocenters. The molecule has 0 spiro atoms. The van der Waals surface area contributed by atoms with Crippen LogP contribution in [0.15, 0.2) is 12.1 Å². The SMILES string of the molecule is COc1cc([N+](=O)[O-])c(OC)cc1Nc1nc(N)nc(OC(C(F)(F)F)C(F)(F)F)n1. The minimum absolute atomic E-state index is 0.0929. The average Bonchev–Trinajstić information content (AvgIpc) is 2.63. The van der Waals surface area contributed by atoms with Gasteiger partial charge >= 0.3 is 24.1 Å². The maximum absolute atomic E-state index is 12.7. The summed E-state index contributed by atoms with van der Waals surface area (Å²) >= 11 is 0. The van der Waals surface area contributed by atoms with E-state index in [2.05, 4.69) is 25.0 Å². The van der Waals surface area contributed by atoms with E-state index >= 15 is 0 Å². The second-order valence-electron chi connectivity index (χ2n) is 5.49. The molecule has 0 unspecified atom stereocenters. The summed E-state index contributed by atoms with van der Waals surface area (Å²) in [6, 6.07) is 0.639. The molecule has 1 aromatic heterocycles. The number of aromatic nitrogens is 3. The second-order valence-corrected chi connectivity index (χ2v) is 5.49. The van der Waals surface area contributed by atoms with Crippen LogP contribution >= 0.6 is 0 Å². The molecule has 0 fully saturated rings. The minimum atomic E-state index is -5.82. The maximum atomic E-state index is 12.7. The zero-order chi connectivity index (χ0) is 23.6. The molecule has 31 heavy (non-hydrogen) atoms. The third kappa shape index (κ3) is 5.64. The Balaban J connectivity index is 2.44. The van der Waals surface area contributed by atoms with E-state index in [1.54, 1.807) is 0 Å². The summed E-state index contributed by atoms with van der Waals surface area (Å²) in [7, 11) is 2.27. The monoisotopic (exact) mass is 458 g/mol. The standard InChI is InChI=1S/C14H12F6N6O5/c1-29-7-4-6(26(27)28)8(30-2)3-5(7)22-11-23-10(21)24-12(25-11)31-9(13(15,16)17)14(18,19)20/h3-4,9H,1-2H3,(H3,21,22,23,24,25). The van der Waals surface area contributed by atoms with Crippen LogP contribution in [0.4, 0.5) is 49.6 Å². The predicted molar refractivity (Wildman–Crippen MR) is 90.2 cm³/mol. The van der Waals surface area contributed by atoms with Gasteiger partial charge in [0.1, 0.15) is 5.75 Å². The molecule has 0 saturated carbocycles. The Morgan fingerprint density at radius 1 is 1.03 bits per heavy atom. The van der Waals surface area contributed by atoms with Gasteiger partial charge in [-0.05, 0) is 0 Å². The number of hydrogen-bond acceptors (Lipinski definition) is 10. The number of hydrogen-bond donors (Lipinski definition) is 2. The summed E-state index contributed by atoms with van der Waals surface area (Å²) in [4.78, 5) is 20.2. The summed E-state index contributed by atoms with van der Waals surface area (Å²) < 4.78 is 89.8. The third-order valence-corrected chi connectivity index (χ3v) is 3.39. The smallest absolute Gasteiger partial charge is 0.434 e. The van der Waals surface area contributed by atoms with E-state index in [4.69, 9.17) is 15.2 Å². The van der Waals surface area contributed by atoms with Crippen molar-refractivity contribution in [2.45, 2.75) is 18.5 Å². The van der Waals surface area contributed by atoms with Gasteiger partial charge in [0, 0.05) is 6.07 Å². The van der Waals surface area contributed by atoms with Crippen molar-refractivity contribution in [3.05, 3.63) is 22.2 Å². The van der Waals surface area contributed by atoms with E-state index in [9.17, 15) is 36.5 Å². The van der Waals surface area contributed by atoms with E-state index < -0.39 is 47.0 Å². The van der Waals surface area contributed by atoms with Crippen molar-refractivity contribution in [3.8, 4) is 17.5 Å². The lowest BCUT2D eigenvalue weighted by atomic mass is 10.2. The van der Waals surface area contributed by atoms with Gasteiger partial charge in [0.15, 0.2) is 5.75 Å². The number of nitro benzene ring substituents is 1. The Labute approximate surface area is 168 Å². The van der Waals surface area contributed by atoms with E-state index in [0.29, 0.717) is 0 Å². The molecule has 3 N–H and O–H groups in total. The number of nitrogen functional groups attached to an aromatic ring is 1. The molecule has 11 nitrogen and oxygen atoms in total. The number of nitrogens with zero attached hydrogens (tertiary/aromatic N) is 4. The Bertz CT molecular complexity index is 956. The van der Waals surface area contributed by atoms with Crippen LogP contribution in [0.1, 0.15) is 0 Å². The van der Waals surface area contributed by atoms with Crippen LogP contribution in [0.25, 0.3) is 0 Å². The van der Waals surface area contributed by atoms with Crippen molar-refractivity contribution < 1.29 is 45.5 Å². The van der Waals surface area contributed by atoms with E-state index in [1.165, 1.54) is 0 Å². The maximum Gasteiger partial charge on any atom is 0.434 e. The van der Waals surface area contributed by atoms with Crippen molar-refractivity contribution in [2.75, 3.05) is 25.3 Å². The molecule has 2 rings (SSSR count). The molecule has 0 saturated heterocycles. The van der Waals surface area contributed by atoms with E-state index in [0.717, 1.165) is 26.4 Å². The van der Waals surface area contributed by atoms with Crippen molar-refractivity contribution in [1.82, 2.24) is 15.0 Å². The van der Waals surface area contributed by atoms with Crippen LogP contribution in [0.2, 0.25) is 0 Å². The Hall–Kier alpha value is -3.79. The van der Waals surface area contributed by atoms with Crippen molar-refractivity contribution >= 4 is 23.3 Å². The van der Waals surface area contributed by atoms with Crippen molar-refractivity contribution in [1.29, 1.82) is 0 Å². The van der Waals surface area contributed by atoms with Gasteiger partial charge in [0.2, 0.25) is 11.9 Å². The number of nitrogens with one attached hydrogen (secondary N) is 1. The lowest BCUT2D eigenvalue weighted by molar-refractivity contribution is -0.385. The zero-order valence-corrected chi connectivity index (χ0v) is 15.4. The number of nitrogens with two attached hydrogens (primary N) is 1. The summed E-state index contributed by atoms with van der Waals surface area (Å²) in [5.41, 5.74) is 4.73. The van der Waals surface area contributed by atoms with Crippen LogP contribution in [0.3, 0.4) is 0 Å². The van der Waals surface area contributed by atoms with Gasteiger partial charge in [-0.25, -0.2) is 0 Å². The van der Waals surface area contributed by atoms with Crippen LogP contribution < -0.4 is 25.3 Å². The number of rotatable bonds is 7. The Kier molecular flexibility index (Phi) is 6.46. The first-order chi connectivity index (χ1) is 14.3. The molecule has 170 valence electrons. The van der Waals surface area contributed by atoms with Gasteiger partial charge < -0.3 is 25.3 Å². The number of anilines is 3. The average molecular weight is 458 g/mol. The highest BCUT2D eigenvalue weighted by atomic mass is 19.4. The van der Waals surface area contributed by atoms with E-state index in [-0.39, 0.29) is 17.2 Å². The van der Waals surface area contributed by atoms with Gasteiger partial charge in [-0.1, -0.05) is 0 Å². The van der Waals surface area contributed by atoms with Crippen LogP contribution in [0, 0.1) is 10.1 Å². The van der Waals surface area contributed by atoms with Crippen molar-refractivity contribution in [2.24, 2.45) is 0 Å². The number of benzene rings is 1. The molecule has 17 heteroatoms. The van der Waals surface area contributed by atoms with E-state index in [1.807, 2.05) is 0 Å². The molecular formula is C14H12F6N6O5. The number of alkyl halides is 6. The summed E-state index contributed by atoms with van der Waals surface area (Å²) in [6.45, 7) is 0. The third-order valence-electron chi connectivity index (χ3n) is 3.39. The van der Waals surface area contributed by atoms with Gasteiger partial charge in [-0.3, -0.25) is 10.1 Å². The summed E-state index contributed by atoms with van der Waals surface area (Å²) in [5.74, 6) is -1.82. The first-order valence-corrected chi connectivity index (χ1v) is 7.75. The number of ether oxygens (including phenoxy) is 3. The zero-order valence-electron chi connectivity index (χ0n) is 15.4. The predicted octanol–water partition coefficient (Wildman–Crippen LogP) is 2.99. The first-order valence-electron chi connectivity index (χ1n) is 7.75. The molecule has 2 aromatic rings. The van der Waals surface area contributed by atoms with Crippen LogP contribution in [0.5, 0.6) is 17.5 Å². The number of methoxy groups -OCH3 is 2. The fraction of sp³-hybridized carbons (Fsp3) is 0.357. The lowest BCUT2D eigenvalue weighted by Gasteiger charge is -2.22. The fourth-order valence-corrected chi connectivity index (χ4v) is 2.15. The molecule has 0 bridgehead atoms. The quantitative estimate of drug-likeness (QED) is 0.360. The number of nitro groups is 1. The molecule has 0 amide bonds. The molecule has 0 aliphatic carbocycles. The highest BCUT2D eigenvalue weighted by molar-refractivity contribution is 5.70. The fourth-order valence-electron chi connectivity index (χ4n) is 2.15. The molecular weight excluding hydrogens is 446 g/mol. The van der Waals surface area contributed by atoms with Crippen molar-refractivity contribution in [3.63, 3.8) is 0 Å². The highest BCUT2D eigenvalue weighted by Crippen LogP contribution is 2.39. The van der Waals surface area contributed by atoms with Gasteiger partial charge in [-0.2, -0.15) is 41.3 Å². The largest absolute Gasteiger partial charge is 0.494 e. The minimum Gasteiger partial charge on any atom is -0.494 e. The number of halogens is 6. The summed E-state index contributed by atoms with van der Waals surface area (Å²) in [5, 5.41) is 13.5. The van der Waals surface area contributed by atoms with Gasteiger partial charge in [-0.15, -0.1) is 0 Å². The molecule has 1 aromatic carbocycles. The first kappa shape index (κ1) is 23.5. The van der Waals surface area contributed by atoms with Gasteiger partial charge in [0.05, 0.1) is 30.9 Å². The Morgan fingerprint density at radius 3 is 2.10 bits per heavy atom. The highest BCUT2D eigenvalue weighted by Gasteiger charge is 2.59. The summed E-state index contributed by atoms with van der Waals surface area (Å²) in [6.07, 6.45) is -15.9. The lowest BCUT2D eigenvalue weighted by Crippen LogP contribution is -2.47. The van der Waals surface area contributed by atoms with Crippen LogP contribution in [-0.4, -0.2) is 52.6 Å².